The molecule has 0 heterocycles. The maximum atomic E-state index is 13.3. The molecule has 2 aromatic carbocycles. The second-order valence-electron chi connectivity index (χ2n) is 4.25. The van der Waals surface area contributed by atoms with E-state index in [2.05, 4.69) is 5.32 Å². The van der Waals surface area contributed by atoms with Gasteiger partial charge in [0.05, 0.1) is 0 Å². The zero-order valence-corrected chi connectivity index (χ0v) is 11.6. The average molecular weight is 279 g/mol. The fourth-order valence-corrected chi connectivity index (χ4v) is 2.75. The molecule has 0 radical (unpaired) electrons. The Morgan fingerprint density at radius 2 is 1.63 bits per heavy atom. The summed E-state index contributed by atoms with van der Waals surface area (Å²) < 4.78 is 26.2. The van der Waals surface area contributed by atoms with Crippen LogP contribution in [0.1, 0.15) is 18.5 Å². The largest absolute Gasteiger partial charge is 0.313 e. The Morgan fingerprint density at radius 1 is 1.00 bits per heavy atom. The molecule has 2 rings (SSSR count). The highest BCUT2D eigenvalue weighted by Crippen LogP contribution is 2.33. The van der Waals surface area contributed by atoms with Gasteiger partial charge in [0.2, 0.25) is 0 Å². The monoisotopic (exact) mass is 279 g/mol. The Kier molecular flexibility index (Phi) is 4.56. The lowest BCUT2D eigenvalue weighted by atomic mass is 10.1. The van der Waals surface area contributed by atoms with Crippen LogP contribution < -0.4 is 5.32 Å². The molecule has 2 aromatic rings. The van der Waals surface area contributed by atoms with E-state index in [1.54, 1.807) is 18.2 Å². The molecule has 1 atom stereocenters. The molecule has 0 bridgehead atoms. The molecular weight excluding hydrogens is 264 g/mol. The lowest BCUT2D eigenvalue weighted by Gasteiger charge is -2.15. The molecular formula is C15H15F2NS. The van der Waals surface area contributed by atoms with Crippen LogP contribution in [0.15, 0.2) is 52.3 Å². The molecule has 1 nitrogen and oxygen atoms in total. The van der Waals surface area contributed by atoms with Crippen LogP contribution in [0.2, 0.25) is 0 Å². The molecule has 0 spiro atoms. The van der Waals surface area contributed by atoms with Crippen LogP contribution in [0.5, 0.6) is 0 Å². The van der Waals surface area contributed by atoms with Gasteiger partial charge >= 0.3 is 0 Å². The fraction of sp³-hybridized carbons (Fsp3) is 0.200. The maximum Gasteiger partial charge on any atom is 0.123 e. The second kappa shape index (κ2) is 6.17. The smallest absolute Gasteiger partial charge is 0.123 e. The van der Waals surface area contributed by atoms with E-state index < -0.39 is 0 Å². The molecule has 0 aliphatic rings. The number of hydrogen-bond donors (Lipinski definition) is 1. The van der Waals surface area contributed by atoms with E-state index in [-0.39, 0.29) is 17.7 Å². The maximum absolute atomic E-state index is 13.3. The molecule has 0 fully saturated rings. The van der Waals surface area contributed by atoms with E-state index in [1.807, 2.05) is 14.0 Å². The summed E-state index contributed by atoms with van der Waals surface area (Å²) in [4.78, 5) is 1.90. The van der Waals surface area contributed by atoms with Gasteiger partial charge in [-0.25, -0.2) is 8.78 Å². The van der Waals surface area contributed by atoms with Crippen molar-refractivity contribution in [3.8, 4) is 0 Å². The van der Waals surface area contributed by atoms with E-state index in [1.165, 1.54) is 36.0 Å². The van der Waals surface area contributed by atoms with Crippen molar-refractivity contribution in [1.29, 1.82) is 0 Å². The summed E-state index contributed by atoms with van der Waals surface area (Å²) in [5.74, 6) is -0.507. The first-order valence-electron chi connectivity index (χ1n) is 6.00. The molecule has 1 N–H and O–H groups in total. The molecule has 0 amide bonds. The predicted octanol–water partition coefficient (Wildman–Crippen LogP) is 4.40. The van der Waals surface area contributed by atoms with Crippen molar-refractivity contribution >= 4 is 11.8 Å². The van der Waals surface area contributed by atoms with Crippen molar-refractivity contribution in [2.24, 2.45) is 0 Å². The molecule has 19 heavy (non-hydrogen) atoms. The second-order valence-corrected chi connectivity index (χ2v) is 5.36. The lowest BCUT2D eigenvalue weighted by molar-refractivity contribution is 0.601. The van der Waals surface area contributed by atoms with Crippen molar-refractivity contribution in [1.82, 2.24) is 5.32 Å². The summed E-state index contributed by atoms with van der Waals surface area (Å²) in [5.41, 5.74) is 0.900. The van der Waals surface area contributed by atoms with E-state index in [0.717, 1.165) is 15.4 Å². The molecule has 0 saturated carbocycles. The highest BCUT2D eigenvalue weighted by molar-refractivity contribution is 7.99. The SMILES string of the molecule is CNC(C)c1cc(F)ccc1Sc1ccc(F)cc1. The third-order valence-electron chi connectivity index (χ3n) is 2.91. The summed E-state index contributed by atoms with van der Waals surface area (Å²) in [5, 5.41) is 3.10. The molecule has 0 aliphatic heterocycles. The minimum Gasteiger partial charge on any atom is -0.313 e. The van der Waals surface area contributed by atoms with E-state index in [9.17, 15) is 8.78 Å². The standard InChI is InChI=1S/C15H15F2NS/c1-10(18-2)14-9-12(17)5-8-15(14)19-13-6-3-11(16)4-7-13/h3-10,18H,1-2H3. The quantitative estimate of drug-likeness (QED) is 0.890. The van der Waals surface area contributed by atoms with Crippen LogP contribution in [-0.4, -0.2) is 7.05 Å². The third kappa shape index (κ3) is 3.55. The molecule has 100 valence electrons. The molecule has 4 heteroatoms. The Balaban J connectivity index is 2.31. The Hall–Kier alpha value is -1.39. The van der Waals surface area contributed by atoms with Crippen molar-refractivity contribution in [3.63, 3.8) is 0 Å². The van der Waals surface area contributed by atoms with Crippen LogP contribution in [-0.2, 0) is 0 Å². The molecule has 0 aromatic heterocycles. The zero-order valence-electron chi connectivity index (χ0n) is 10.8. The van der Waals surface area contributed by atoms with Crippen LogP contribution >= 0.6 is 11.8 Å². The topological polar surface area (TPSA) is 12.0 Å². The molecule has 1 unspecified atom stereocenters. The van der Waals surface area contributed by atoms with Gasteiger partial charge < -0.3 is 5.32 Å². The zero-order chi connectivity index (χ0) is 13.8. The van der Waals surface area contributed by atoms with E-state index in [0.29, 0.717) is 0 Å². The van der Waals surface area contributed by atoms with Crippen LogP contribution in [0, 0.1) is 11.6 Å². The van der Waals surface area contributed by atoms with Gasteiger partial charge in [0, 0.05) is 15.8 Å². The van der Waals surface area contributed by atoms with Crippen LogP contribution in [0.25, 0.3) is 0 Å². The van der Waals surface area contributed by atoms with Crippen molar-refractivity contribution in [2.45, 2.75) is 22.8 Å². The number of nitrogens with one attached hydrogen (secondary N) is 1. The predicted molar refractivity (Wildman–Crippen MR) is 74.4 cm³/mol. The van der Waals surface area contributed by atoms with E-state index in [4.69, 9.17) is 0 Å². The first-order chi connectivity index (χ1) is 9.10. The van der Waals surface area contributed by atoms with Gasteiger partial charge in [0.25, 0.3) is 0 Å². The van der Waals surface area contributed by atoms with Gasteiger partial charge in [0.1, 0.15) is 11.6 Å². The first kappa shape index (κ1) is 14.0. The van der Waals surface area contributed by atoms with Gasteiger partial charge in [-0.1, -0.05) is 11.8 Å². The summed E-state index contributed by atoms with van der Waals surface area (Å²) in [6.45, 7) is 1.98. The average Bonchev–Trinajstić information content (AvgIpc) is 2.42. The summed E-state index contributed by atoms with van der Waals surface area (Å²) in [7, 11) is 1.84. The van der Waals surface area contributed by atoms with Crippen LogP contribution in [0.4, 0.5) is 8.78 Å². The number of hydrogen-bond acceptors (Lipinski definition) is 2. The minimum absolute atomic E-state index is 0.0543. The number of benzene rings is 2. The highest BCUT2D eigenvalue weighted by Gasteiger charge is 2.11. The van der Waals surface area contributed by atoms with Gasteiger partial charge in [0.15, 0.2) is 0 Å². The number of halogens is 2. The Morgan fingerprint density at radius 3 is 2.26 bits per heavy atom. The third-order valence-corrected chi connectivity index (χ3v) is 4.01. The van der Waals surface area contributed by atoms with Gasteiger partial charge in [-0.15, -0.1) is 0 Å². The highest BCUT2D eigenvalue weighted by atomic mass is 32.2. The van der Waals surface area contributed by atoms with Crippen molar-refractivity contribution in [3.05, 3.63) is 59.7 Å². The van der Waals surface area contributed by atoms with Gasteiger partial charge in [-0.05, 0) is 62.0 Å². The van der Waals surface area contributed by atoms with Crippen molar-refractivity contribution < 1.29 is 8.78 Å². The number of rotatable bonds is 4. The summed E-state index contributed by atoms with van der Waals surface area (Å²) in [6, 6.07) is 11.1. The minimum atomic E-state index is -0.257. The molecule has 0 aliphatic carbocycles. The van der Waals surface area contributed by atoms with E-state index >= 15 is 0 Å². The molecule has 0 saturated heterocycles. The Labute approximate surface area is 116 Å². The van der Waals surface area contributed by atoms with Crippen molar-refractivity contribution in [2.75, 3.05) is 7.05 Å². The fourth-order valence-electron chi connectivity index (χ4n) is 1.74. The normalized spacial score (nSPS) is 12.4. The lowest BCUT2D eigenvalue weighted by Crippen LogP contribution is -2.13. The Bertz CT molecular complexity index is 555. The summed E-state index contributed by atoms with van der Waals surface area (Å²) >= 11 is 1.50. The summed E-state index contributed by atoms with van der Waals surface area (Å²) in [6.07, 6.45) is 0. The first-order valence-corrected chi connectivity index (χ1v) is 6.82. The van der Waals surface area contributed by atoms with Crippen LogP contribution in [0.3, 0.4) is 0 Å². The van der Waals surface area contributed by atoms with Gasteiger partial charge in [-0.3, -0.25) is 0 Å². The van der Waals surface area contributed by atoms with Gasteiger partial charge in [-0.2, -0.15) is 0 Å².